The van der Waals surface area contributed by atoms with Crippen molar-refractivity contribution in [2.45, 2.75) is 19.8 Å². The Morgan fingerprint density at radius 2 is 1.89 bits per heavy atom. The predicted molar refractivity (Wildman–Crippen MR) is 70.0 cm³/mol. The summed E-state index contributed by atoms with van der Waals surface area (Å²) in [7, 11) is 4.97. The van der Waals surface area contributed by atoms with Crippen LogP contribution in [0.2, 0.25) is 0 Å². The fraction of sp³-hybridized carbons (Fsp3) is 0.429. The Hall–Kier alpha value is -1.84. The van der Waals surface area contributed by atoms with Crippen molar-refractivity contribution in [1.82, 2.24) is 4.90 Å². The van der Waals surface area contributed by atoms with E-state index < -0.39 is 0 Å². The van der Waals surface area contributed by atoms with Crippen LogP contribution >= 0.6 is 0 Å². The van der Waals surface area contributed by atoms with E-state index in [4.69, 9.17) is 4.74 Å². The van der Waals surface area contributed by atoms with Crippen LogP contribution in [0.25, 0.3) is 0 Å². The van der Waals surface area contributed by atoms with Crippen LogP contribution in [-0.2, 0) is 4.79 Å². The lowest BCUT2D eigenvalue weighted by Gasteiger charge is -2.10. The Morgan fingerprint density at radius 1 is 1.22 bits per heavy atom. The maximum atomic E-state index is 11.9. The number of aryl methyl sites for hydroxylation is 1. The van der Waals surface area contributed by atoms with E-state index in [1.807, 2.05) is 6.92 Å². The number of ketones is 1. The summed E-state index contributed by atoms with van der Waals surface area (Å²) in [4.78, 5) is 24.8. The predicted octanol–water partition coefficient (Wildman–Crippen LogP) is 2.05. The summed E-state index contributed by atoms with van der Waals surface area (Å²) in [6.45, 7) is 1.89. The Kier molecular flexibility index (Phi) is 4.89. The second kappa shape index (κ2) is 6.19. The normalized spacial score (nSPS) is 10.0. The van der Waals surface area contributed by atoms with Crippen molar-refractivity contribution in [1.29, 1.82) is 0 Å². The lowest BCUT2D eigenvalue weighted by molar-refractivity contribution is -0.128. The topological polar surface area (TPSA) is 46.6 Å². The van der Waals surface area contributed by atoms with Gasteiger partial charge < -0.3 is 9.64 Å². The molecule has 0 aliphatic heterocycles. The first-order valence-corrected chi connectivity index (χ1v) is 5.83. The minimum Gasteiger partial charge on any atom is -0.496 e. The summed E-state index contributed by atoms with van der Waals surface area (Å²) < 4.78 is 5.14. The van der Waals surface area contributed by atoms with Gasteiger partial charge in [0.15, 0.2) is 5.78 Å². The summed E-state index contributed by atoms with van der Waals surface area (Å²) >= 11 is 0. The van der Waals surface area contributed by atoms with Crippen LogP contribution in [0.4, 0.5) is 0 Å². The summed E-state index contributed by atoms with van der Waals surface area (Å²) in [6, 6.07) is 5.30. The highest BCUT2D eigenvalue weighted by Crippen LogP contribution is 2.19. The quantitative estimate of drug-likeness (QED) is 0.750. The minimum absolute atomic E-state index is 0.0176. The van der Waals surface area contributed by atoms with Crippen LogP contribution in [0.5, 0.6) is 5.75 Å². The number of carbonyl (C=O) groups is 2. The molecule has 0 fully saturated rings. The lowest BCUT2D eigenvalue weighted by Crippen LogP contribution is -2.22. The molecule has 1 aromatic carbocycles. The third-order valence-corrected chi connectivity index (χ3v) is 2.78. The molecule has 0 heterocycles. The van der Waals surface area contributed by atoms with Gasteiger partial charge in [0.25, 0.3) is 0 Å². The maximum Gasteiger partial charge on any atom is 0.222 e. The Labute approximate surface area is 108 Å². The van der Waals surface area contributed by atoms with Gasteiger partial charge in [-0.1, -0.05) is 0 Å². The van der Waals surface area contributed by atoms with Gasteiger partial charge in [-0.25, -0.2) is 0 Å². The smallest absolute Gasteiger partial charge is 0.222 e. The number of hydrogen-bond acceptors (Lipinski definition) is 3. The van der Waals surface area contributed by atoms with Crippen molar-refractivity contribution < 1.29 is 14.3 Å². The van der Waals surface area contributed by atoms with Gasteiger partial charge >= 0.3 is 0 Å². The number of ether oxygens (including phenoxy) is 1. The van der Waals surface area contributed by atoms with E-state index in [2.05, 4.69) is 0 Å². The van der Waals surface area contributed by atoms with Crippen LogP contribution in [0.3, 0.4) is 0 Å². The van der Waals surface area contributed by atoms with Crippen molar-refractivity contribution in [2.75, 3.05) is 21.2 Å². The van der Waals surface area contributed by atoms with E-state index in [1.165, 1.54) is 4.90 Å². The standard InChI is InChI=1S/C14H19NO3/c1-10-9-11(5-7-13(10)18-4)12(16)6-8-14(17)15(2)3/h5,7,9H,6,8H2,1-4H3. The first kappa shape index (κ1) is 14.2. The molecule has 0 aromatic heterocycles. The SMILES string of the molecule is COc1ccc(C(=O)CCC(=O)N(C)C)cc1C. The molecule has 98 valence electrons. The van der Waals surface area contributed by atoms with E-state index in [0.29, 0.717) is 5.56 Å². The zero-order valence-corrected chi connectivity index (χ0v) is 11.3. The van der Waals surface area contributed by atoms with Gasteiger partial charge in [-0.2, -0.15) is 0 Å². The van der Waals surface area contributed by atoms with Crippen LogP contribution < -0.4 is 4.74 Å². The van der Waals surface area contributed by atoms with Gasteiger partial charge in [-0.15, -0.1) is 0 Å². The molecule has 1 rings (SSSR count). The fourth-order valence-electron chi connectivity index (χ4n) is 1.64. The third-order valence-electron chi connectivity index (χ3n) is 2.78. The Bertz CT molecular complexity index is 452. The highest BCUT2D eigenvalue weighted by atomic mass is 16.5. The maximum absolute atomic E-state index is 11.9. The van der Waals surface area contributed by atoms with Crippen molar-refractivity contribution in [3.05, 3.63) is 29.3 Å². The average Bonchev–Trinajstić information content (AvgIpc) is 2.35. The number of amides is 1. The summed E-state index contributed by atoms with van der Waals surface area (Å²) in [5, 5.41) is 0. The zero-order valence-electron chi connectivity index (χ0n) is 11.3. The van der Waals surface area contributed by atoms with Gasteiger partial charge in [0.1, 0.15) is 5.75 Å². The summed E-state index contributed by atoms with van der Waals surface area (Å²) in [5.74, 6) is 0.709. The van der Waals surface area contributed by atoms with E-state index in [-0.39, 0.29) is 24.5 Å². The molecule has 0 atom stereocenters. The van der Waals surface area contributed by atoms with Crippen LogP contribution in [0, 0.1) is 6.92 Å². The van der Waals surface area contributed by atoms with Crippen LogP contribution in [0.1, 0.15) is 28.8 Å². The molecule has 0 aliphatic rings. The second-order valence-corrected chi connectivity index (χ2v) is 4.40. The number of rotatable bonds is 5. The molecule has 0 bridgehead atoms. The molecule has 4 heteroatoms. The number of methoxy groups -OCH3 is 1. The first-order valence-electron chi connectivity index (χ1n) is 5.83. The summed E-state index contributed by atoms with van der Waals surface area (Å²) in [5.41, 5.74) is 1.54. The second-order valence-electron chi connectivity index (χ2n) is 4.40. The Balaban J connectivity index is 2.68. The molecule has 0 N–H and O–H groups in total. The lowest BCUT2D eigenvalue weighted by atomic mass is 10.0. The molecule has 18 heavy (non-hydrogen) atoms. The molecule has 0 spiro atoms. The largest absolute Gasteiger partial charge is 0.496 e. The average molecular weight is 249 g/mol. The van der Waals surface area contributed by atoms with E-state index in [0.717, 1.165) is 11.3 Å². The molecular formula is C14H19NO3. The summed E-state index contributed by atoms with van der Waals surface area (Å²) in [6.07, 6.45) is 0.486. The molecule has 0 radical (unpaired) electrons. The molecule has 0 unspecified atom stereocenters. The Morgan fingerprint density at radius 3 is 2.39 bits per heavy atom. The molecule has 0 saturated carbocycles. The molecular weight excluding hydrogens is 230 g/mol. The van der Waals surface area contributed by atoms with Gasteiger partial charge in [0, 0.05) is 32.5 Å². The van der Waals surface area contributed by atoms with Gasteiger partial charge in [0.05, 0.1) is 7.11 Å². The molecule has 1 aromatic rings. The van der Waals surface area contributed by atoms with Crippen molar-refractivity contribution in [3.63, 3.8) is 0 Å². The van der Waals surface area contributed by atoms with Gasteiger partial charge in [0.2, 0.25) is 5.91 Å². The highest BCUT2D eigenvalue weighted by molar-refractivity contribution is 5.98. The molecule has 4 nitrogen and oxygen atoms in total. The highest BCUT2D eigenvalue weighted by Gasteiger charge is 2.11. The van der Waals surface area contributed by atoms with Gasteiger partial charge in [-0.05, 0) is 30.7 Å². The number of nitrogens with zero attached hydrogens (tertiary/aromatic N) is 1. The van der Waals surface area contributed by atoms with Crippen molar-refractivity contribution in [3.8, 4) is 5.75 Å². The van der Waals surface area contributed by atoms with Crippen molar-refractivity contribution >= 4 is 11.7 Å². The van der Waals surface area contributed by atoms with Crippen molar-refractivity contribution in [2.24, 2.45) is 0 Å². The molecule has 0 aliphatic carbocycles. The number of benzene rings is 1. The number of hydrogen-bond donors (Lipinski definition) is 0. The van der Waals surface area contributed by atoms with E-state index in [1.54, 1.807) is 39.4 Å². The monoisotopic (exact) mass is 249 g/mol. The third kappa shape index (κ3) is 3.58. The van der Waals surface area contributed by atoms with E-state index >= 15 is 0 Å². The molecule has 1 amide bonds. The van der Waals surface area contributed by atoms with E-state index in [9.17, 15) is 9.59 Å². The number of Topliss-reactive ketones (excluding diaryl/α,β-unsaturated/α-hetero) is 1. The number of carbonyl (C=O) groups excluding carboxylic acids is 2. The first-order chi connectivity index (χ1) is 8.45. The minimum atomic E-state index is -0.0337. The van der Waals surface area contributed by atoms with Crippen LogP contribution in [0.15, 0.2) is 18.2 Å². The molecule has 0 saturated heterocycles. The fourth-order valence-corrected chi connectivity index (χ4v) is 1.64. The van der Waals surface area contributed by atoms with Gasteiger partial charge in [-0.3, -0.25) is 9.59 Å². The zero-order chi connectivity index (χ0) is 13.7. The van der Waals surface area contributed by atoms with Crippen LogP contribution in [-0.4, -0.2) is 37.8 Å².